The van der Waals surface area contributed by atoms with Crippen LogP contribution in [0.25, 0.3) is 0 Å². The fourth-order valence-corrected chi connectivity index (χ4v) is 2.80. The standard InChI is InChI=1S/C19H29N5O3/c1-4-5-11-20-18(26)15(2)23-14-24(22(3)13-17(23)25)19(27)21-12-16-9-7-6-8-10-16/h6-10,15H,4-5,11-14H2,1-3H3,(H,20,26)(H,21,27)/t15-/m0/s1. The first-order valence-electron chi connectivity index (χ1n) is 9.31. The number of hydrazine groups is 1. The highest BCUT2D eigenvalue weighted by Crippen LogP contribution is 2.12. The summed E-state index contributed by atoms with van der Waals surface area (Å²) in [5.74, 6) is -0.381. The zero-order chi connectivity index (χ0) is 19.8. The van der Waals surface area contributed by atoms with Crippen molar-refractivity contribution in [3.63, 3.8) is 0 Å². The number of unbranched alkanes of at least 4 members (excludes halogenated alkanes) is 1. The molecule has 1 aromatic carbocycles. The predicted octanol–water partition coefficient (Wildman–Crippen LogP) is 1.15. The molecule has 1 aromatic rings. The van der Waals surface area contributed by atoms with Gasteiger partial charge in [-0.1, -0.05) is 43.7 Å². The van der Waals surface area contributed by atoms with E-state index in [1.807, 2.05) is 37.3 Å². The molecular weight excluding hydrogens is 346 g/mol. The SMILES string of the molecule is CCCCNC(=O)[C@H](C)N1CN(C(=O)NCc2ccccc2)N(C)CC1=O. The normalized spacial score (nSPS) is 16.2. The average Bonchev–Trinajstić information content (AvgIpc) is 2.66. The molecule has 8 nitrogen and oxygen atoms in total. The van der Waals surface area contributed by atoms with E-state index < -0.39 is 6.04 Å². The molecule has 0 saturated carbocycles. The summed E-state index contributed by atoms with van der Waals surface area (Å²) >= 11 is 0. The van der Waals surface area contributed by atoms with Crippen LogP contribution in [0.3, 0.4) is 0 Å². The molecular formula is C19H29N5O3. The van der Waals surface area contributed by atoms with Gasteiger partial charge in [0.2, 0.25) is 11.8 Å². The van der Waals surface area contributed by atoms with Crippen LogP contribution >= 0.6 is 0 Å². The second-order valence-corrected chi connectivity index (χ2v) is 6.69. The minimum Gasteiger partial charge on any atom is -0.354 e. The first kappa shape index (κ1) is 20.7. The van der Waals surface area contributed by atoms with Crippen molar-refractivity contribution in [2.45, 2.75) is 39.3 Å². The van der Waals surface area contributed by atoms with Gasteiger partial charge in [0.1, 0.15) is 12.7 Å². The number of urea groups is 1. The van der Waals surface area contributed by atoms with Crippen LogP contribution in [0.15, 0.2) is 30.3 Å². The summed E-state index contributed by atoms with van der Waals surface area (Å²) in [6.07, 6.45) is 1.88. The van der Waals surface area contributed by atoms with Crippen LogP contribution in [0.2, 0.25) is 0 Å². The van der Waals surface area contributed by atoms with Gasteiger partial charge in [-0.2, -0.15) is 0 Å². The molecule has 0 aromatic heterocycles. The minimum absolute atomic E-state index is 0.0400. The molecule has 0 radical (unpaired) electrons. The minimum atomic E-state index is -0.632. The molecule has 0 bridgehead atoms. The Morgan fingerprint density at radius 3 is 2.56 bits per heavy atom. The van der Waals surface area contributed by atoms with Gasteiger partial charge in [0.25, 0.3) is 0 Å². The number of carbonyl (C=O) groups is 3. The van der Waals surface area contributed by atoms with Crippen LogP contribution < -0.4 is 10.6 Å². The monoisotopic (exact) mass is 375 g/mol. The molecule has 4 amide bonds. The number of nitrogens with zero attached hydrogens (tertiary/aromatic N) is 3. The summed E-state index contributed by atoms with van der Waals surface area (Å²) in [7, 11) is 1.68. The summed E-state index contributed by atoms with van der Waals surface area (Å²) in [5, 5.41) is 8.70. The number of likely N-dealkylation sites (N-methyl/N-ethyl adjacent to an activating group) is 1. The van der Waals surface area contributed by atoms with Crippen LogP contribution in [0, 0.1) is 0 Å². The molecule has 2 N–H and O–H groups in total. The van der Waals surface area contributed by atoms with Crippen molar-refractivity contribution in [1.82, 2.24) is 25.6 Å². The van der Waals surface area contributed by atoms with Gasteiger partial charge in [0, 0.05) is 20.1 Å². The Morgan fingerprint density at radius 1 is 1.19 bits per heavy atom. The summed E-state index contributed by atoms with van der Waals surface area (Å²) in [6, 6.07) is 8.66. The maximum absolute atomic E-state index is 12.6. The number of hydrogen-bond donors (Lipinski definition) is 2. The number of nitrogens with one attached hydrogen (secondary N) is 2. The molecule has 1 heterocycles. The van der Waals surface area contributed by atoms with E-state index in [0.717, 1.165) is 18.4 Å². The molecule has 1 aliphatic heterocycles. The highest BCUT2D eigenvalue weighted by molar-refractivity contribution is 5.89. The summed E-state index contributed by atoms with van der Waals surface area (Å²) in [6.45, 7) is 4.80. The molecule has 8 heteroatoms. The lowest BCUT2D eigenvalue weighted by molar-refractivity contribution is -0.157. The zero-order valence-electron chi connectivity index (χ0n) is 16.3. The van der Waals surface area contributed by atoms with Crippen molar-refractivity contribution in [1.29, 1.82) is 0 Å². The summed E-state index contributed by atoms with van der Waals surface area (Å²) < 4.78 is 0. The van der Waals surface area contributed by atoms with E-state index in [1.165, 1.54) is 9.91 Å². The van der Waals surface area contributed by atoms with Gasteiger partial charge < -0.3 is 15.5 Å². The van der Waals surface area contributed by atoms with E-state index in [1.54, 1.807) is 19.0 Å². The van der Waals surface area contributed by atoms with E-state index in [2.05, 4.69) is 10.6 Å². The third-order valence-electron chi connectivity index (χ3n) is 4.58. The van der Waals surface area contributed by atoms with Crippen molar-refractivity contribution in [3.8, 4) is 0 Å². The lowest BCUT2D eigenvalue weighted by Crippen LogP contribution is -2.64. The topological polar surface area (TPSA) is 85.0 Å². The van der Waals surface area contributed by atoms with Crippen molar-refractivity contribution in [2.24, 2.45) is 0 Å². The Labute approximate surface area is 160 Å². The van der Waals surface area contributed by atoms with Gasteiger partial charge in [-0.15, -0.1) is 0 Å². The third-order valence-corrected chi connectivity index (χ3v) is 4.58. The van der Waals surface area contributed by atoms with Crippen molar-refractivity contribution in [3.05, 3.63) is 35.9 Å². The lowest BCUT2D eigenvalue weighted by Gasteiger charge is -2.43. The Bertz CT molecular complexity index is 652. The molecule has 27 heavy (non-hydrogen) atoms. The third kappa shape index (κ3) is 5.68. The molecule has 1 saturated heterocycles. The number of carbonyl (C=O) groups excluding carboxylic acids is 3. The number of amides is 4. The fourth-order valence-electron chi connectivity index (χ4n) is 2.80. The Kier molecular flexibility index (Phi) is 7.60. The van der Waals surface area contributed by atoms with E-state index in [-0.39, 0.29) is 31.1 Å². The van der Waals surface area contributed by atoms with Crippen LogP contribution in [-0.2, 0) is 16.1 Å². The second-order valence-electron chi connectivity index (χ2n) is 6.69. The number of hydrogen-bond acceptors (Lipinski definition) is 4. The van der Waals surface area contributed by atoms with Gasteiger partial charge in [-0.25, -0.2) is 14.8 Å². The Hall–Kier alpha value is -2.61. The predicted molar refractivity (Wildman–Crippen MR) is 102 cm³/mol. The number of rotatable bonds is 7. The highest BCUT2D eigenvalue weighted by Gasteiger charge is 2.35. The van der Waals surface area contributed by atoms with E-state index in [4.69, 9.17) is 0 Å². The van der Waals surface area contributed by atoms with E-state index >= 15 is 0 Å². The largest absolute Gasteiger partial charge is 0.354 e. The molecule has 0 unspecified atom stereocenters. The van der Waals surface area contributed by atoms with Crippen LogP contribution in [0.5, 0.6) is 0 Å². The molecule has 1 fully saturated rings. The molecule has 148 valence electrons. The van der Waals surface area contributed by atoms with Gasteiger partial charge in [0.05, 0.1) is 6.54 Å². The van der Waals surface area contributed by atoms with Gasteiger partial charge in [-0.05, 0) is 18.9 Å². The quantitative estimate of drug-likeness (QED) is 0.700. The van der Waals surface area contributed by atoms with Gasteiger partial charge in [0.15, 0.2) is 0 Å². The molecule has 2 rings (SSSR count). The molecule has 0 aliphatic carbocycles. The highest BCUT2D eigenvalue weighted by atomic mass is 16.2. The van der Waals surface area contributed by atoms with Crippen molar-refractivity contribution < 1.29 is 14.4 Å². The van der Waals surface area contributed by atoms with Crippen LogP contribution in [-0.4, -0.2) is 65.6 Å². The lowest BCUT2D eigenvalue weighted by atomic mass is 10.2. The number of benzene rings is 1. The Morgan fingerprint density at radius 2 is 1.89 bits per heavy atom. The second kappa shape index (κ2) is 9.91. The smallest absolute Gasteiger partial charge is 0.333 e. The van der Waals surface area contributed by atoms with E-state index in [9.17, 15) is 14.4 Å². The average molecular weight is 375 g/mol. The fraction of sp³-hybridized carbons (Fsp3) is 0.526. The summed E-state index contributed by atoms with van der Waals surface area (Å²) in [4.78, 5) is 38.7. The maximum Gasteiger partial charge on any atom is 0.333 e. The van der Waals surface area contributed by atoms with Crippen LogP contribution in [0.4, 0.5) is 4.79 Å². The zero-order valence-corrected chi connectivity index (χ0v) is 16.3. The first-order valence-corrected chi connectivity index (χ1v) is 9.31. The van der Waals surface area contributed by atoms with Crippen molar-refractivity contribution >= 4 is 17.8 Å². The maximum atomic E-state index is 12.6. The summed E-state index contributed by atoms with van der Waals surface area (Å²) in [5.41, 5.74) is 0.988. The van der Waals surface area contributed by atoms with Gasteiger partial charge >= 0.3 is 6.03 Å². The first-order chi connectivity index (χ1) is 12.9. The molecule has 1 aliphatic rings. The van der Waals surface area contributed by atoms with Crippen molar-refractivity contribution in [2.75, 3.05) is 26.8 Å². The molecule has 0 spiro atoms. The molecule has 1 atom stereocenters. The van der Waals surface area contributed by atoms with Gasteiger partial charge in [-0.3, -0.25) is 9.59 Å². The van der Waals surface area contributed by atoms with E-state index in [0.29, 0.717) is 13.1 Å². The Balaban J connectivity index is 1.95. The van der Waals surface area contributed by atoms with Crippen LogP contribution in [0.1, 0.15) is 32.3 Å².